The first-order valence-electron chi connectivity index (χ1n) is 6.85. The SMILES string of the molecule is CCc1cc(CC(N)CCc2ccncc2)n(C)n1. The third kappa shape index (κ3) is 3.89. The van der Waals surface area contributed by atoms with Crippen LogP contribution >= 0.6 is 0 Å². The largest absolute Gasteiger partial charge is 0.327 e. The van der Waals surface area contributed by atoms with Crippen molar-refractivity contribution in [1.29, 1.82) is 0 Å². The average molecular weight is 258 g/mol. The topological polar surface area (TPSA) is 56.7 Å². The quantitative estimate of drug-likeness (QED) is 0.860. The van der Waals surface area contributed by atoms with Crippen molar-refractivity contribution in [2.24, 2.45) is 12.8 Å². The molecule has 2 N–H and O–H groups in total. The van der Waals surface area contributed by atoms with Gasteiger partial charge >= 0.3 is 0 Å². The Bertz CT molecular complexity index is 504. The molecule has 2 aromatic heterocycles. The summed E-state index contributed by atoms with van der Waals surface area (Å²) in [5.74, 6) is 0. The highest BCUT2D eigenvalue weighted by atomic mass is 15.3. The first kappa shape index (κ1) is 13.7. The second-order valence-electron chi connectivity index (χ2n) is 4.96. The minimum Gasteiger partial charge on any atom is -0.327 e. The van der Waals surface area contributed by atoms with Crippen LogP contribution < -0.4 is 5.73 Å². The van der Waals surface area contributed by atoms with Gasteiger partial charge in [-0.2, -0.15) is 5.10 Å². The minimum atomic E-state index is 0.174. The third-order valence-electron chi connectivity index (χ3n) is 3.41. The van der Waals surface area contributed by atoms with E-state index < -0.39 is 0 Å². The monoisotopic (exact) mass is 258 g/mol. The molecule has 2 aromatic rings. The predicted molar refractivity (Wildman–Crippen MR) is 76.8 cm³/mol. The van der Waals surface area contributed by atoms with E-state index in [9.17, 15) is 0 Å². The van der Waals surface area contributed by atoms with Gasteiger partial charge in [0.15, 0.2) is 0 Å². The predicted octanol–water partition coefficient (Wildman–Crippen LogP) is 1.88. The highest BCUT2D eigenvalue weighted by molar-refractivity contribution is 5.13. The molecule has 0 amide bonds. The van der Waals surface area contributed by atoms with Crippen LogP contribution in [0.2, 0.25) is 0 Å². The molecule has 0 aliphatic heterocycles. The molecule has 0 saturated heterocycles. The minimum absolute atomic E-state index is 0.174. The number of hydrogen-bond acceptors (Lipinski definition) is 3. The molecule has 0 saturated carbocycles. The Morgan fingerprint density at radius 3 is 2.68 bits per heavy atom. The van der Waals surface area contributed by atoms with Crippen LogP contribution in [-0.2, 0) is 26.3 Å². The molecule has 1 atom stereocenters. The molecule has 0 spiro atoms. The fourth-order valence-electron chi connectivity index (χ4n) is 2.21. The fraction of sp³-hybridized carbons (Fsp3) is 0.467. The van der Waals surface area contributed by atoms with Crippen molar-refractivity contribution in [1.82, 2.24) is 14.8 Å². The van der Waals surface area contributed by atoms with E-state index in [1.807, 2.05) is 36.3 Å². The third-order valence-corrected chi connectivity index (χ3v) is 3.41. The van der Waals surface area contributed by atoms with Gasteiger partial charge < -0.3 is 5.73 Å². The summed E-state index contributed by atoms with van der Waals surface area (Å²) in [4.78, 5) is 4.02. The summed E-state index contributed by atoms with van der Waals surface area (Å²) >= 11 is 0. The van der Waals surface area contributed by atoms with Crippen LogP contribution in [0.1, 0.15) is 30.3 Å². The van der Waals surface area contributed by atoms with E-state index in [0.717, 1.165) is 31.4 Å². The molecule has 19 heavy (non-hydrogen) atoms. The summed E-state index contributed by atoms with van der Waals surface area (Å²) in [7, 11) is 1.99. The summed E-state index contributed by atoms with van der Waals surface area (Å²) in [6.45, 7) is 2.12. The number of aryl methyl sites for hydroxylation is 3. The molecule has 0 fully saturated rings. The molecule has 2 heterocycles. The van der Waals surface area contributed by atoms with Gasteiger partial charge in [-0.3, -0.25) is 9.67 Å². The maximum atomic E-state index is 6.22. The number of nitrogens with zero attached hydrogens (tertiary/aromatic N) is 3. The van der Waals surface area contributed by atoms with Gasteiger partial charge in [0.05, 0.1) is 5.69 Å². The van der Waals surface area contributed by atoms with Gasteiger partial charge in [-0.25, -0.2) is 0 Å². The number of aromatic nitrogens is 3. The first-order valence-corrected chi connectivity index (χ1v) is 6.85. The van der Waals surface area contributed by atoms with Crippen molar-refractivity contribution in [2.75, 3.05) is 0 Å². The molecular formula is C15H22N4. The average Bonchev–Trinajstić information content (AvgIpc) is 2.78. The molecule has 0 aromatic carbocycles. The number of pyridine rings is 1. The smallest absolute Gasteiger partial charge is 0.0624 e. The van der Waals surface area contributed by atoms with Gasteiger partial charge in [0.25, 0.3) is 0 Å². The van der Waals surface area contributed by atoms with Gasteiger partial charge in [0.2, 0.25) is 0 Å². The van der Waals surface area contributed by atoms with Crippen LogP contribution in [0.5, 0.6) is 0 Å². The maximum absolute atomic E-state index is 6.22. The summed E-state index contributed by atoms with van der Waals surface area (Å²) in [5, 5.41) is 4.45. The van der Waals surface area contributed by atoms with E-state index in [1.54, 1.807) is 0 Å². The molecule has 4 heteroatoms. The van der Waals surface area contributed by atoms with Crippen molar-refractivity contribution in [2.45, 2.75) is 38.6 Å². The van der Waals surface area contributed by atoms with E-state index in [2.05, 4.69) is 23.1 Å². The molecular weight excluding hydrogens is 236 g/mol. The van der Waals surface area contributed by atoms with Crippen molar-refractivity contribution >= 4 is 0 Å². The lowest BCUT2D eigenvalue weighted by Crippen LogP contribution is -2.24. The zero-order chi connectivity index (χ0) is 13.7. The van der Waals surface area contributed by atoms with Crippen molar-refractivity contribution in [3.05, 3.63) is 47.5 Å². The molecule has 2 rings (SSSR count). The molecule has 0 aliphatic carbocycles. The highest BCUT2D eigenvalue weighted by Crippen LogP contribution is 2.10. The van der Waals surface area contributed by atoms with Crippen LogP contribution in [0.25, 0.3) is 0 Å². The summed E-state index contributed by atoms with van der Waals surface area (Å²) in [6.07, 6.45) is 7.50. The Morgan fingerprint density at radius 1 is 1.32 bits per heavy atom. The molecule has 4 nitrogen and oxygen atoms in total. The lowest BCUT2D eigenvalue weighted by molar-refractivity contribution is 0.577. The number of nitrogens with two attached hydrogens (primary N) is 1. The van der Waals surface area contributed by atoms with E-state index in [-0.39, 0.29) is 6.04 Å². The Labute approximate surface area is 114 Å². The van der Waals surface area contributed by atoms with Crippen molar-refractivity contribution < 1.29 is 0 Å². The Balaban J connectivity index is 1.87. The molecule has 102 valence electrons. The normalized spacial score (nSPS) is 12.6. The van der Waals surface area contributed by atoms with Crippen LogP contribution in [0.3, 0.4) is 0 Å². The van der Waals surface area contributed by atoms with Gasteiger partial charge in [-0.05, 0) is 43.0 Å². The second-order valence-corrected chi connectivity index (χ2v) is 4.96. The van der Waals surface area contributed by atoms with Gasteiger partial charge in [0.1, 0.15) is 0 Å². The molecule has 0 bridgehead atoms. The first-order chi connectivity index (χ1) is 9.19. The van der Waals surface area contributed by atoms with E-state index in [1.165, 1.54) is 11.3 Å². The molecule has 0 radical (unpaired) electrons. The summed E-state index contributed by atoms with van der Waals surface area (Å²) in [5.41, 5.74) is 9.87. The second kappa shape index (κ2) is 6.48. The van der Waals surface area contributed by atoms with Crippen molar-refractivity contribution in [3.8, 4) is 0 Å². The van der Waals surface area contributed by atoms with Crippen LogP contribution in [0.4, 0.5) is 0 Å². The summed E-state index contributed by atoms with van der Waals surface area (Å²) < 4.78 is 1.95. The Morgan fingerprint density at radius 2 is 2.05 bits per heavy atom. The van der Waals surface area contributed by atoms with Gasteiger partial charge in [0, 0.05) is 37.6 Å². The van der Waals surface area contributed by atoms with Gasteiger partial charge in [-0.15, -0.1) is 0 Å². The maximum Gasteiger partial charge on any atom is 0.0624 e. The van der Waals surface area contributed by atoms with Crippen molar-refractivity contribution in [3.63, 3.8) is 0 Å². The Kier molecular flexibility index (Phi) is 4.68. The Hall–Kier alpha value is -1.68. The molecule has 0 aliphatic rings. The number of hydrogen-bond donors (Lipinski definition) is 1. The molecule has 1 unspecified atom stereocenters. The highest BCUT2D eigenvalue weighted by Gasteiger charge is 2.09. The van der Waals surface area contributed by atoms with E-state index in [0.29, 0.717) is 0 Å². The van der Waals surface area contributed by atoms with Crippen LogP contribution in [-0.4, -0.2) is 20.8 Å². The standard InChI is InChI=1S/C15H22N4/c1-3-14-11-15(19(2)18-14)10-13(16)5-4-12-6-8-17-9-7-12/h6-9,11,13H,3-5,10,16H2,1-2H3. The van der Waals surface area contributed by atoms with Crippen LogP contribution in [0.15, 0.2) is 30.6 Å². The number of rotatable bonds is 6. The van der Waals surface area contributed by atoms with Gasteiger partial charge in [-0.1, -0.05) is 6.92 Å². The van der Waals surface area contributed by atoms with Crippen LogP contribution in [0, 0.1) is 0 Å². The van der Waals surface area contributed by atoms with E-state index in [4.69, 9.17) is 5.73 Å². The fourth-order valence-corrected chi connectivity index (χ4v) is 2.21. The van der Waals surface area contributed by atoms with E-state index >= 15 is 0 Å². The lowest BCUT2D eigenvalue weighted by atomic mass is 10.0. The zero-order valence-corrected chi connectivity index (χ0v) is 11.7. The zero-order valence-electron chi connectivity index (χ0n) is 11.7. The lowest BCUT2D eigenvalue weighted by Gasteiger charge is -2.11. The summed E-state index contributed by atoms with van der Waals surface area (Å²) in [6, 6.07) is 6.43.